The molecule has 1 atom stereocenters. The number of carbonyl (C=O) groups is 1. The molecule has 1 saturated heterocycles. The summed E-state index contributed by atoms with van der Waals surface area (Å²) in [5.41, 5.74) is 1.97. The maximum atomic E-state index is 12.2. The summed E-state index contributed by atoms with van der Waals surface area (Å²) in [7, 11) is 0. The number of rotatable bonds is 6. The molecule has 0 bridgehead atoms. The third-order valence-corrected chi connectivity index (χ3v) is 4.26. The van der Waals surface area contributed by atoms with Gasteiger partial charge in [0, 0.05) is 18.5 Å². The molecule has 0 saturated carbocycles. The van der Waals surface area contributed by atoms with Gasteiger partial charge in [0.1, 0.15) is 5.58 Å². The lowest BCUT2D eigenvalue weighted by molar-refractivity contribution is -0.161. The van der Waals surface area contributed by atoms with Crippen molar-refractivity contribution in [1.29, 1.82) is 0 Å². The number of benzene rings is 1. The first kappa shape index (κ1) is 17.0. The Balaban J connectivity index is 1.52. The quantitative estimate of drug-likeness (QED) is 0.817. The molecule has 2 aromatic rings. The van der Waals surface area contributed by atoms with Crippen LogP contribution < -0.4 is 5.32 Å². The number of furan rings is 1. The van der Waals surface area contributed by atoms with Gasteiger partial charge >= 0.3 is 0 Å². The first-order valence-corrected chi connectivity index (χ1v) is 8.68. The van der Waals surface area contributed by atoms with Gasteiger partial charge < -0.3 is 19.2 Å². The molecule has 5 nitrogen and oxygen atoms in total. The molecule has 1 aromatic heterocycles. The zero-order chi connectivity index (χ0) is 16.9. The highest BCUT2D eigenvalue weighted by molar-refractivity contribution is 5.96. The Morgan fingerprint density at radius 1 is 1.33 bits per heavy atom. The molecule has 3 rings (SSSR count). The van der Waals surface area contributed by atoms with Crippen LogP contribution in [0.3, 0.4) is 0 Å². The number of ether oxygens (including phenoxy) is 2. The highest BCUT2D eigenvalue weighted by Crippen LogP contribution is 2.24. The van der Waals surface area contributed by atoms with E-state index in [4.69, 9.17) is 13.9 Å². The summed E-state index contributed by atoms with van der Waals surface area (Å²) in [5, 5.41) is 3.78. The number of hydrogen-bond acceptors (Lipinski definition) is 4. The average molecular weight is 331 g/mol. The summed E-state index contributed by atoms with van der Waals surface area (Å²) in [6.07, 6.45) is 3.03. The Morgan fingerprint density at radius 3 is 2.96 bits per heavy atom. The summed E-state index contributed by atoms with van der Waals surface area (Å²) in [6, 6.07) is 7.83. The summed E-state index contributed by atoms with van der Waals surface area (Å²) >= 11 is 0. The lowest BCUT2D eigenvalue weighted by atomic mass is 10.0. The number of carbonyl (C=O) groups excluding carboxylic acids is 1. The smallest absolute Gasteiger partial charge is 0.287 e. The van der Waals surface area contributed by atoms with Crippen molar-refractivity contribution >= 4 is 16.9 Å². The summed E-state index contributed by atoms with van der Waals surface area (Å²) in [6.45, 7) is 5.92. The van der Waals surface area contributed by atoms with Crippen LogP contribution in [-0.2, 0) is 9.47 Å². The van der Waals surface area contributed by atoms with Gasteiger partial charge in [-0.05, 0) is 48.9 Å². The molecule has 1 aliphatic rings. The summed E-state index contributed by atoms with van der Waals surface area (Å²) in [4.78, 5) is 12.2. The molecule has 1 amide bonds. The van der Waals surface area contributed by atoms with Crippen LogP contribution in [0.25, 0.3) is 11.0 Å². The van der Waals surface area contributed by atoms with Crippen LogP contribution in [0.15, 0.2) is 28.7 Å². The van der Waals surface area contributed by atoms with Crippen molar-refractivity contribution in [3.63, 3.8) is 0 Å². The second-order valence-corrected chi connectivity index (χ2v) is 6.49. The standard InChI is InChI=1S/C19H25NO4/c1-13(2)14-6-7-16-15(11-14)12-17(24-16)19(21)20-8-10-23-18-5-3-4-9-22-18/h6-7,11-13,18H,3-5,8-10H2,1-2H3,(H,20,21). The van der Waals surface area contributed by atoms with Crippen LogP contribution in [0.1, 0.15) is 55.1 Å². The normalized spacial score (nSPS) is 18.2. The highest BCUT2D eigenvalue weighted by atomic mass is 16.7. The van der Waals surface area contributed by atoms with Gasteiger partial charge in [0.25, 0.3) is 5.91 Å². The van der Waals surface area contributed by atoms with Gasteiger partial charge in [-0.15, -0.1) is 0 Å². The molecule has 1 aromatic carbocycles. The molecule has 1 N–H and O–H groups in total. The predicted molar refractivity (Wildman–Crippen MR) is 92.2 cm³/mol. The molecule has 24 heavy (non-hydrogen) atoms. The molecule has 1 aliphatic heterocycles. The minimum absolute atomic E-state index is 0.128. The van der Waals surface area contributed by atoms with Gasteiger partial charge in [-0.3, -0.25) is 4.79 Å². The number of nitrogens with one attached hydrogen (secondary N) is 1. The van der Waals surface area contributed by atoms with E-state index in [1.54, 1.807) is 6.07 Å². The van der Waals surface area contributed by atoms with Crippen molar-refractivity contribution in [2.24, 2.45) is 0 Å². The van der Waals surface area contributed by atoms with Gasteiger partial charge in [0.2, 0.25) is 0 Å². The molecule has 130 valence electrons. The Kier molecular flexibility index (Phi) is 5.53. The van der Waals surface area contributed by atoms with Crippen molar-refractivity contribution in [2.45, 2.75) is 45.3 Å². The Bertz CT molecular complexity index is 686. The Hall–Kier alpha value is -1.85. The van der Waals surface area contributed by atoms with Crippen molar-refractivity contribution in [3.05, 3.63) is 35.6 Å². The number of hydrogen-bond donors (Lipinski definition) is 1. The van der Waals surface area contributed by atoms with Crippen LogP contribution >= 0.6 is 0 Å². The third-order valence-electron chi connectivity index (χ3n) is 4.26. The van der Waals surface area contributed by atoms with E-state index in [9.17, 15) is 4.79 Å². The van der Waals surface area contributed by atoms with Crippen molar-refractivity contribution in [2.75, 3.05) is 19.8 Å². The monoisotopic (exact) mass is 331 g/mol. The van der Waals surface area contributed by atoms with Gasteiger partial charge in [-0.1, -0.05) is 19.9 Å². The molecule has 5 heteroatoms. The van der Waals surface area contributed by atoms with Crippen LogP contribution in [0.2, 0.25) is 0 Å². The lowest BCUT2D eigenvalue weighted by Gasteiger charge is -2.22. The number of fused-ring (bicyclic) bond motifs is 1. The van der Waals surface area contributed by atoms with E-state index in [0.29, 0.717) is 24.8 Å². The fraction of sp³-hybridized carbons (Fsp3) is 0.526. The second kappa shape index (κ2) is 7.81. The maximum Gasteiger partial charge on any atom is 0.287 e. The van der Waals surface area contributed by atoms with Crippen molar-refractivity contribution in [1.82, 2.24) is 5.32 Å². The van der Waals surface area contributed by atoms with Gasteiger partial charge in [-0.25, -0.2) is 0 Å². The highest BCUT2D eigenvalue weighted by Gasteiger charge is 2.15. The van der Waals surface area contributed by atoms with E-state index in [1.807, 2.05) is 12.1 Å². The summed E-state index contributed by atoms with van der Waals surface area (Å²) < 4.78 is 16.7. The maximum absolute atomic E-state index is 12.2. The molecule has 0 spiro atoms. The second-order valence-electron chi connectivity index (χ2n) is 6.49. The SMILES string of the molecule is CC(C)c1ccc2oc(C(=O)NCCOC3CCCCO3)cc2c1. The lowest BCUT2D eigenvalue weighted by Crippen LogP contribution is -2.30. The van der Waals surface area contributed by atoms with E-state index in [2.05, 4.69) is 25.2 Å². The first-order valence-electron chi connectivity index (χ1n) is 8.68. The molecule has 0 radical (unpaired) electrons. The minimum Gasteiger partial charge on any atom is -0.451 e. The first-order chi connectivity index (χ1) is 11.6. The van der Waals surface area contributed by atoms with E-state index >= 15 is 0 Å². The molecule has 2 heterocycles. The molecular weight excluding hydrogens is 306 g/mol. The fourth-order valence-corrected chi connectivity index (χ4v) is 2.82. The topological polar surface area (TPSA) is 60.7 Å². The van der Waals surface area contributed by atoms with E-state index in [0.717, 1.165) is 36.8 Å². The minimum atomic E-state index is -0.217. The van der Waals surface area contributed by atoms with Gasteiger partial charge in [0.05, 0.1) is 6.61 Å². The molecule has 1 fully saturated rings. The van der Waals surface area contributed by atoms with Crippen molar-refractivity contribution in [3.8, 4) is 0 Å². The predicted octanol–water partition coefficient (Wildman–Crippen LogP) is 3.83. The van der Waals surface area contributed by atoms with Crippen LogP contribution in [0, 0.1) is 0 Å². The average Bonchev–Trinajstić information content (AvgIpc) is 3.02. The van der Waals surface area contributed by atoms with E-state index < -0.39 is 0 Å². The van der Waals surface area contributed by atoms with Crippen LogP contribution in [0.5, 0.6) is 0 Å². The molecule has 1 unspecified atom stereocenters. The molecule has 0 aliphatic carbocycles. The number of amides is 1. The van der Waals surface area contributed by atoms with E-state index in [-0.39, 0.29) is 12.2 Å². The van der Waals surface area contributed by atoms with Gasteiger partial charge in [0.15, 0.2) is 12.1 Å². The third kappa shape index (κ3) is 4.16. The van der Waals surface area contributed by atoms with E-state index in [1.165, 1.54) is 5.56 Å². The Labute approximate surface area is 142 Å². The largest absolute Gasteiger partial charge is 0.451 e. The Morgan fingerprint density at radius 2 is 2.21 bits per heavy atom. The van der Waals surface area contributed by atoms with Crippen molar-refractivity contribution < 1.29 is 18.7 Å². The zero-order valence-corrected chi connectivity index (χ0v) is 14.3. The van der Waals surface area contributed by atoms with Gasteiger partial charge in [-0.2, -0.15) is 0 Å². The fourth-order valence-electron chi connectivity index (χ4n) is 2.82. The van der Waals surface area contributed by atoms with Crippen LogP contribution in [0.4, 0.5) is 0 Å². The summed E-state index contributed by atoms with van der Waals surface area (Å²) in [5.74, 6) is 0.561. The zero-order valence-electron chi connectivity index (χ0n) is 14.3. The molecular formula is C19H25NO4. The van der Waals surface area contributed by atoms with Crippen LogP contribution in [-0.4, -0.2) is 32.0 Å².